The van der Waals surface area contributed by atoms with Crippen molar-refractivity contribution in [1.29, 1.82) is 0 Å². The van der Waals surface area contributed by atoms with Gasteiger partial charge in [-0.15, -0.1) is 11.3 Å². The highest BCUT2D eigenvalue weighted by molar-refractivity contribution is 7.09. The first-order valence-electron chi connectivity index (χ1n) is 6.68. The second-order valence-electron chi connectivity index (χ2n) is 4.70. The Morgan fingerprint density at radius 2 is 2.19 bits per heavy atom. The van der Waals surface area contributed by atoms with Crippen LogP contribution in [0, 0.1) is 0 Å². The molecule has 0 spiro atoms. The Morgan fingerprint density at radius 1 is 1.38 bits per heavy atom. The average molecular weight is 302 g/mol. The van der Waals surface area contributed by atoms with Crippen molar-refractivity contribution < 1.29 is 14.3 Å². The molecule has 0 radical (unpaired) electrons. The van der Waals surface area contributed by atoms with Crippen LogP contribution < -0.4 is 4.90 Å². The average Bonchev–Trinajstić information content (AvgIpc) is 3.16. The second-order valence-corrected chi connectivity index (χ2v) is 5.68. The molecule has 0 bridgehead atoms. The number of rotatable bonds is 4. The first kappa shape index (κ1) is 13.8. The largest absolute Gasteiger partial charge is 0.452 e. The number of benzene rings is 1. The summed E-state index contributed by atoms with van der Waals surface area (Å²) in [4.78, 5) is 29.7. The number of nitrogens with zero attached hydrogens (tertiary/aromatic N) is 2. The second kappa shape index (κ2) is 6.05. The van der Waals surface area contributed by atoms with E-state index < -0.39 is 6.10 Å². The molecule has 1 saturated heterocycles. The van der Waals surface area contributed by atoms with Crippen LogP contribution in [-0.4, -0.2) is 23.0 Å². The van der Waals surface area contributed by atoms with E-state index in [1.807, 2.05) is 35.7 Å². The van der Waals surface area contributed by atoms with Gasteiger partial charge in [-0.05, 0) is 12.1 Å². The van der Waals surface area contributed by atoms with Crippen molar-refractivity contribution in [2.45, 2.75) is 25.5 Å². The topological polar surface area (TPSA) is 59.5 Å². The number of amides is 1. The van der Waals surface area contributed by atoms with Gasteiger partial charge in [0, 0.05) is 30.1 Å². The van der Waals surface area contributed by atoms with Crippen molar-refractivity contribution in [3.05, 3.63) is 46.9 Å². The zero-order chi connectivity index (χ0) is 14.7. The maximum Gasteiger partial charge on any atom is 0.306 e. The number of thiazole rings is 1. The van der Waals surface area contributed by atoms with Crippen LogP contribution in [0.3, 0.4) is 0 Å². The lowest BCUT2D eigenvalue weighted by Gasteiger charge is -2.24. The number of esters is 1. The minimum Gasteiger partial charge on any atom is -0.452 e. The summed E-state index contributed by atoms with van der Waals surface area (Å²) in [7, 11) is 0. The van der Waals surface area contributed by atoms with Gasteiger partial charge in [-0.1, -0.05) is 18.2 Å². The van der Waals surface area contributed by atoms with E-state index in [1.165, 1.54) is 11.3 Å². The third kappa shape index (κ3) is 3.11. The van der Waals surface area contributed by atoms with E-state index in [-0.39, 0.29) is 11.9 Å². The van der Waals surface area contributed by atoms with Gasteiger partial charge >= 0.3 is 5.97 Å². The molecule has 1 atom stereocenters. The zero-order valence-electron chi connectivity index (χ0n) is 11.3. The van der Waals surface area contributed by atoms with Crippen molar-refractivity contribution in [3.63, 3.8) is 0 Å². The quantitative estimate of drug-likeness (QED) is 0.814. The molecule has 2 heterocycles. The lowest BCUT2D eigenvalue weighted by molar-refractivity contribution is -0.147. The number of carbonyl (C=O) groups is 2. The van der Waals surface area contributed by atoms with Gasteiger partial charge in [0.25, 0.3) is 5.91 Å². The predicted octanol–water partition coefficient (Wildman–Crippen LogP) is 2.38. The first-order valence-corrected chi connectivity index (χ1v) is 7.56. The molecule has 1 aliphatic rings. The summed E-state index contributed by atoms with van der Waals surface area (Å²) < 4.78 is 5.10. The van der Waals surface area contributed by atoms with Crippen molar-refractivity contribution >= 4 is 28.9 Å². The Kier molecular flexibility index (Phi) is 3.96. The van der Waals surface area contributed by atoms with Gasteiger partial charge in [0.1, 0.15) is 5.01 Å². The highest BCUT2D eigenvalue weighted by Gasteiger charge is 2.34. The van der Waals surface area contributed by atoms with Crippen molar-refractivity contribution in [3.8, 4) is 0 Å². The smallest absolute Gasteiger partial charge is 0.306 e. The summed E-state index contributed by atoms with van der Waals surface area (Å²) in [6.07, 6.45) is 1.77. The van der Waals surface area contributed by atoms with Crippen molar-refractivity contribution in [2.75, 3.05) is 4.90 Å². The fourth-order valence-electron chi connectivity index (χ4n) is 2.24. The molecule has 1 amide bonds. The Balaban J connectivity index is 1.85. The molecule has 1 aromatic heterocycles. The monoisotopic (exact) mass is 302 g/mol. The first-order chi connectivity index (χ1) is 10.2. The Hall–Kier alpha value is -2.21. The van der Waals surface area contributed by atoms with E-state index in [0.717, 1.165) is 10.7 Å². The Bertz CT molecular complexity index is 628. The zero-order valence-corrected chi connectivity index (χ0v) is 12.1. The van der Waals surface area contributed by atoms with Crippen LogP contribution in [0.5, 0.6) is 0 Å². The fourth-order valence-corrected chi connectivity index (χ4v) is 2.85. The molecular weight excluding hydrogens is 288 g/mol. The number of ether oxygens (including phenoxy) is 1. The van der Waals surface area contributed by atoms with E-state index in [1.54, 1.807) is 11.1 Å². The number of hydrogen-bond acceptors (Lipinski definition) is 5. The van der Waals surface area contributed by atoms with E-state index in [2.05, 4.69) is 4.98 Å². The van der Waals surface area contributed by atoms with Crippen LogP contribution in [0.15, 0.2) is 41.9 Å². The Labute approximate surface area is 126 Å². The summed E-state index contributed by atoms with van der Waals surface area (Å²) in [5, 5.41) is 2.72. The van der Waals surface area contributed by atoms with Gasteiger partial charge in [0.15, 0.2) is 6.10 Å². The molecule has 0 N–H and O–H groups in total. The lowest BCUT2D eigenvalue weighted by atomic mass is 10.2. The SMILES string of the molecule is O=C1CC[C@@H](C(=O)N(Cc2nccs2)c2ccccc2)O1. The molecule has 2 aromatic rings. The van der Waals surface area contributed by atoms with Gasteiger partial charge in [0.2, 0.25) is 0 Å². The highest BCUT2D eigenvalue weighted by atomic mass is 32.1. The van der Waals surface area contributed by atoms with Crippen LogP contribution in [0.25, 0.3) is 0 Å². The van der Waals surface area contributed by atoms with Crippen LogP contribution in [0.4, 0.5) is 5.69 Å². The molecule has 3 rings (SSSR count). The highest BCUT2D eigenvalue weighted by Crippen LogP contribution is 2.23. The lowest BCUT2D eigenvalue weighted by Crippen LogP contribution is -2.38. The number of anilines is 1. The maximum absolute atomic E-state index is 12.6. The van der Waals surface area contributed by atoms with Crippen LogP contribution in [-0.2, 0) is 20.9 Å². The van der Waals surface area contributed by atoms with Gasteiger partial charge < -0.3 is 9.64 Å². The van der Waals surface area contributed by atoms with Gasteiger partial charge in [-0.2, -0.15) is 0 Å². The normalized spacial score (nSPS) is 17.5. The molecule has 108 valence electrons. The molecule has 6 heteroatoms. The molecule has 0 aliphatic carbocycles. The summed E-state index contributed by atoms with van der Waals surface area (Å²) in [6, 6.07) is 9.37. The van der Waals surface area contributed by atoms with E-state index in [0.29, 0.717) is 19.4 Å². The third-order valence-electron chi connectivity index (χ3n) is 3.27. The molecule has 1 fully saturated rings. The van der Waals surface area contributed by atoms with Crippen LogP contribution in [0.1, 0.15) is 17.8 Å². The van der Waals surface area contributed by atoms with Gasteiger partial charge in [0.05, 0.1) is 6.54 Å². The molecular formula is C15H14N2O3S. The van der Waals surface area contributed by atoms with E-state index >= 15 is 0 Å². The molecule has 0 unspecified atom stereocenters. The molecule has 1 aromatic carbocycles. The number of carbonyl (C=O) groups excluding carboxylic acids is 2. The standard InChI is InChI=1S/C15H14N2O3S/c18-14-7-6-12(20-14)15(19)17(10-13-16-8-9-21-13)11-4-2-1-3-5-11/h1-5,8-9,12H,6-7,10H2/t12-/m0/s1. The molecule has 5 nitrogen and oxygen atoms in total. The minimum atomic E-state index is -0.683. The molecule has 1 aliphatic heterocycles. The number of cyclic esters (lactones) is 1. The number of aromatic nitrogens is 1. The summed E-state index contributed by atoms with van der Waals surface area (Å²) in [6.45, 7) is 0.383. The Morgan fingerprint density at radius 3 is 2.81 bits per heavy atom. The summed E-state index contributed by atoms with van der Waals surface area (Å²) >= 11 is 1.49. The third-order valence-corrected chi connectivity index (χ3v) is 4.03. The predicted molar refractivity (Wildman–Crippen MR) is 78.9 cm³/mol. The van der Waals surface area contributed by atoms with Crippen molar-refractivity contribution in [2.24, 2.45) is 0 Å². The van der Waals surface area contributed by atoms with Gasteiger partial charge in [-0.3, -0.25) is 9.59 Å². The minimum absolute atomic E-state index is 0.192. The van der Waals surface area contributed by atoms with Crippen LogP contribution >= 0.6 is 11.3 Å². The van der Waals surface area contributed by atoms with Gasteiger partial charge in [-0.25, -0.2) is 4.98 Å². The van der Waals surface area contributed by atoms with E-state index in [9.17, 15) is 9.59 Å². The van der Waals surface area contributed by atoms with Crippen molar-refractivity contribution in [1.82, 2.24) is 4.98 Å². The summed E-state index contributed by atoms with van der Waals surface area (Å²) in [5.74, 6) is -0.502. The number of para-hydroxylation sites is 1. The summed E-state index contributed by atoms with van der Waals surface area (Å²) in [5.41, 5.74) is 0.778. The molecule has 0 saturated carbocycles. The molecule has 21 heavy (non-hydrogen) atoms. The number of hydrogen-bond donors (Lipinski definition) is 0. The van der Waals surface area contributed by atoms with E-state index in [4.69, 9.17) is 4.74 Å². The van der Waals surface area contributed by atoms with Crippen LogP contribution in [0.2, 0.25) is 0 Å². The fraction of sp³-hybridized carbons (Fsp3) is 0.267. The maximum atomic E-state index is 12.6.